The molecule has 142 valence electrons. The van der Waals surface area contributed by atoms with Gasteiger partial charge in [-0.1, -0.05) is 74.7 Å². The highest BCUT2D eigenvalue weighted by molar-refractivity contribution is 5.74. The molecule has 4 nitrogen and oxygen atoms in total. The van der Waals surface area contributed by atoms with Crippen molar-refractivity contribution in [2.45, 2.75) is 39.2 Å². The third kappa shape index (κ3) is 7.82. The van der Waals surface area contributed by atoms with Crippen molar-refractivity contribution in [2.75, 3.05) is 11.5 Å². The minimum Gasteiger partial charge on any atom is -0.397 e. The van der Waals surface area contributed by atoms with Crippen LogP contribution in [0.4, 0.5) is 11.4 Å². The molecule has 1 heterocycles. The lowest BCUT2D eigenvalue weighted by atomic mass is 10.1. The summed E-state index contributed by atoms with van der Waals surface area (Å²) in [6.07, 6.45) is 13.2. The van der Waals surface area contributed by atoms with Crippen molar-refractivity contribution in [1.29, 1.82) is 0 Å². The highest BCUT2D eigenvalue weighted by Crippen LogP contribution is 2.17. The molecule has 0 saturated carbocycles. The number of unbranched alkanes of at least 4 members (excludes halogenated alkanes) is 3. The Morgan fingerprint density at radius 2 is 1.63 bits per heavy atom. The number of nitrogen functional groups attached to an aromatic ring is 2. The molecule has 0 bridgehead atoms. The Labute approximate surface area is 162 Å². The van der Waals surface area contributed by atoms with Crippen molar-refractivity contribution < 1.29 is 0 Å². The van der Waals surface area contributed by atoms with Crippen LogP contribution in [0.25, 0.3) is 12.2 Å². The van der Waals surface area contributed by atoms with Gasteiger partial charge in [-0.15, -0.1) is 0 Å². The highest BCUT2D eigenvalue weighted by atomic mass is 15.3. The van der Waals surface area contributed by atoms with Gasteiger partial charge in [0, 0.05) is 18.9 Å². The van der Waals surface area contributed by atoms with E-state index in [1.807, 2.05) is 71.7 Å². The monoisotopic (exact) mass is 362 g/mol. The standard InChI is InChI=1S/C14H14N2.C9H16N2/c15-13-9-8-12(10-14(13)16)7-6-11-4-2-1-3-5-11;1-2-3-4-5-8-11-9-6-7-10-11/h1-10H,15-16H2;6-7,9H,2-5,8H2,1H3. The van der Waals surface area contributed by atoms with Crippen LogP contribution in [-0.2, 0) is 6.54 Å². The fourth-order valence-corrected chi connectivity index (χ4v) is 2.59. The summed E-state index contributed by atoms with van der Waals surface area (Å²) in [5.41, 5.74) is 14.8. The van der Waals surface area contributed by atoms with Gasteiger partial charge in [-0.05, 0) is 35.7 Å². The molecular formula is C23H30N4. The van der Waals surface area contributed by atoms with Crippen LogP contribution in [0.3, 0.4) is 0 Å². The number of aromatic nitrogens is 2. The fraction of sp³-hybridized carbons (Fsp3) is 0.261. The van der Waals surface area contributed by atoms with Crippen molar-refractivity contribution in [3.05, 3.63) is 78.1 Å². The van der Waals surface area contributed by atoms with E-state index in [9.17, 15) is 0 Å². The Morgan fingerprint density at radius 3 is 2.30 bits per heavy atom. The summed E-state index contributed by atoms with van der Waals surface area (Å²) in [4.78, 5) is 0. The smallest absolute Gasteiger partial charge is 0.0553 e. The van der Waals surface area contributed by atoms with E-state index >= 15 is 0 Å². The Kier molecular flexibility index (Phi) is 8.70. The summed E-state index contributed by atoms with van der Waals surface area (Å²) in [7, 11) is 0. The van der Waals surface area contributed by atoms with Crippen LogP contribution < -0.4 is 11.5 Å². The molecule has 0 saturated heterocycles. The Bertz CT molecular complexity index is 793. The molecule has 2 aromatic carbocycles. The number of aryl methyl sites for hydroxylation is 1. The topological polar surface area (TPSA) is 69.9 Å². The minimum absolute atomic E-state index is 0.621. The van der Waals surface area contributed by atoms with Crippen LogP contribution in [0.2, 0.25) is 0 Å². The van der Waals surface area contributed by atoms with Gasteiger partial charge in [-0.2, -0.15) is 5.10 Å². The lowest BCUT2D eigenvalue weighted by molar-refractivity contribution is 0.541. The predicted octanol–water partition coefficient (Wildman–Crippen LogP) is 5.48. The van der Waals surface area contributed by atoms with E-state index in [1.165, 1.54) is 25.7 Å². The quantitative estimate of drug-likeness (QED) is 0.332. The molecule has 0 aliphatic carbocycles. The van der Waals surface area contributed by atoms with Gasteiger partial charge in [-0.3, -0.25) is 4.68 Å². The van der Waals surface area contributed by atoms with Gasteiger partial charge in [0.1, 0.15) is 0 Å². The van der Waals surface area contributed by atoms with E-state index in [-0.39, 0.29) is 0 Å². The van der Waals surface area contributed by atoms with Crippen LogP contribution in [-0.4, -0.2) is 9.78 Å². The Morgan fingerprint density at radius 1 is 0.852 bits per heavy atom. The average Bonchev–Trinajstić information content (AvgIpc) is 3.21. The van der Waals surface area contributed by atoms with E-state index < -0.39 is 0 Å². The predicted molar refractivity (Wildman–Crippen MR) is 117 cm³/mol. The Balaban J connectivity index is 0.000000208. The second-order valence-electron chi connectivity index (χ2n) is 6.46. The van der Waals surface area contributed by atoms with Gasteiger partial charge in [0.05, 0.1) is 11.4 Å². The first-order valence-corrected chi connectivity index (χ1v) is 9.54. The van der Waals surface area contributed by atoms with E-state index in [0.29, 0.717) is 11.4 Å². The maximum absolute atomic E-state index is 5.73. The molecule has 0 aliphatic heterocycles. The molecule has 3 rings (SSSR count). The van der Waals surface area contributed by atoms with Crippen LogP contribution >= 0.6 is 0 Å². The van der Waals surface area contributed by atoms with E-state index in [2.05, 4.69) is 24.2 Å². The van der Waals surface area contributed by atoms with Gasteiger partial charge < -0.3 is 11.5 Å². The maximum Gasteiger partial charge on any atom is 0.0553 e. The van der Waals surface area contributed by atoms with Gasteiger partial charge in [0.2, 0.25) is 0 Å². The van der Waals surface area contributed by atoms with Crippen LogP contribution in [0.5, 0.6) is 0 Å². The first-order chi connectivity index (χ1) is 13.2. The van der Waals surface area contributed by atoms with Gasteiger partial charge in [0.25, 0.3) is 0 Å². The van der Waals surface area contributed by atoms with Gasteiger partial charge >= 0.3 is 0 Å². The molecule has 3 aromatic rings. The number of nitrogens with two attached hydrogens (primary N) is 2. The number of anilines is 2. The maximum atomic E-state index is 5.73. The molecule has 0 fully saturated rings. The summed E-state index contributed by atoms with van der Waals surface area (Å²) in [6, 6.07) is 17.7. The minimum atomic E-state index is 0.621. The number of hydrogen-bond donors (Lipinski definition) is 2. The Hall–Kier alpha value is -3.01. The van der Waals surface area contributed by atoms with Crippen molar-refractivity contribution in [3.63, 3.8) is 0 Å². The zero-order valence-corrected chi connectivity index (χ0v) is 16.1. The lowest BCUT2D eigenvalue weighted by Crippen LogP contribution is -1.97. The molecule has 27 heavy (non-hydrogen) atoms. The summed E-state index contributed by atoms with van der Waals surface area (Å²) >= 11 is 0. The number of nitrogens with zero attached hydrogens (tertiary/aromatic N) is 2. The molecule has 0 atom stereocenters. The van der Waals surface area contributed by atoms with Crippen molar-refractivity contribution in [1.82, 2.24) is 9.78 Å². The molecular weight excluding hydrogens is 332 g/mol. The second kappa shape index (κ2) is 11.6. The van der Waals surface area contributed by atoms with E-state index in [0.717, 1.165) is 17.7 Å². The molecule has 4 heteroatoms. The molecule has 0 spiro atoms. The molecule has 4 N–H and O–H groups in total. The number of rotatable bonds is 7. The van der Waals surface area contributed by atoms with Crippen LogP contribution in [0, 0.1) is 0 Å². The molecule has 0 aliphatic rings. The number of hydrogen-bond acceptors (Lipinski definition) is 3. The number of benzene rings is 2. The second-order valence-corrected chi connectivity index (χ2v) is 6.46. The normalized spacial score (nSPS) is 10.6. The highest BCUT2D eigenvalue weighted by Gasteiger charge is 1.94. The summed E-state index contributed by atoms with van der Waals surface area (Å²) < 4.78 is 2.00. The van der Waals surface area contributed by atoms with Crippen LogP contribution in [0.15, 0.2) is 67.0 Å². The van der Waals surface area contributed by atoms with Gasteiger partial charge in [-0.25, -0.2) is 0 Å². The first kappa shape index (κ1) is 20.3. The SMILES string of the molecule is CCCCCCn1cccn1.Nc1ccc(C=Cc2ccccc2)cc1N. The largest absolute Gasteiger partial charge is 0.397 e. The van der Waals surface area contributed by atoms with E-state index in [4.69, 9.17) is 11.5 Å². The average molecular weight is 363 g/mol. The molecule has 0 unspecified atom stereocenters. The molecule has 1 aromatic heterocycles. The fourth-order valence-electron chi connectivity index (χ4n) is 2.59. The van der Waals surface area contributed by atoms with Crippen molar-refractivity contribution >= 4 is 23.5 Å². The zero-order valence-electron chi connectivity index (χ0n) is 16.1. The molecule has 0 amide bonds. The van der Waals surface area contributed by atoms with E-state index in [1.54, 1.807) is 0 Å². The van der Waals surface area contributed by atoms with Crippen LogP contribution in [0.1, 0.15) is 43.7 Å². The molecule has 0 radical (unpaired) electrons. The summed E-state index contributed by atoms with van der Waals surface area (Å²) in [6.45, 7) is 3.31. The summed E-state index contributed by atoms with van der Waals surface area (Å²) in [5, 5.41) is 4.13. The summed E-state index contributed by atoms with van der Waals surface area (Å²) in [5.74, 6) is 0. The first-order valence-electron chi connectivity index (χ1n) is 9.54. The third-order valence-corrected chi connectivity index (χ3v) is 4.18. The lowest BCUT2D eigenvalue weighted by Gasteiger charge is -2.00. The van der Waals surface area contributed by atoms with Crippen molar-refractivity contribution in [2.24, 2.45) is 0 Å². The van der Waals surface area contributed by atoms with Gasteiger partial charge in [0.15, 0.2) is 0 Å². The van der Waals surface area contributed by atoms with Crippen molar-refractivity contribution in [3.8, 4) is 0 Å². The third-order valence-electron chi connectivity index (χ3n) is 4.18. The zero-order chi connectivity index (χ0) is 19.3.